The summed E-state index contributed by atoms with van der Waals surface area (Å²) >= 11 is 0. The number of carbonyl (C=O) groups excluding carboxylic acids is 1. The Morgan fingerprint density at radius 3 is 2.24 bits per heavy atom. The van der Waals surface area contributed by atoms with Gasteiger partial charge in [-0.3, -0.25) is 19.8 Å². The van der Waals surface area contributed by atoms with Crippen molar-refractivity contribution in [1.29, 1.82) is 0 Å². The summed E-state index contributed by atoms with van der Waals surface area (Å²) in [5, 5.41) is 13.4. The van der Waals surface area contributed by atoms with Gasteiger partial charge in [0.15, 0.2) is 0 Å². The number of amides is 1. The number of benzene rings is 2. The van der Waals surface area contributed by atoms with Crippen LogP contribution in [0.4, 0.5) is 17.1 Å². The number of piperazine rings is 1. The van der Waals surface area contributed by atoms with Gasteiger partial charge in [-0.1, -0.05) is 18.2 Å². The molecule has 0 aliphatic carbocycles. The highest BCUT2D eigenvalue weighted by Gasteiger charge is 2.19. The molecule has 1 aliphatic rings. The van der Waals surface area contributed by atoms with E-state index in [2.05, 4.69) is 27.2 Å². The topological polar surface area (TPSA) is 78.7 Å². The molecule has 1 N–H and O–H groups in total. The lowest BCUT2D eigenvalue weighted by Gasteiger charge is -2.35. The summed E-state index contributed by atoms with van der Waals surface area (Å²) in [6.45, 7) is 3.73. The van der Waals surface area contributed by atoms with Crippen molar-refractivity contribution < 1.29 is 9.72 Å². The van der Waals surface area contributed by atoms with E-state index in [0.29, 0.717) is 12.2 Å². The second kappa shape index (κ2) is 7.76. The van der Waals surface area contributed by atoms with Gasteiger partial charge in [0.1, 0.15) is 0 Å². The molecule has 2 aromatic carbocycles. The largest absolute Gasteiger partial charge is 0.369 e. The van der Waals surface area contributed by atoms with Crippen molar-refractivity contribution in [2.45, 2.75) is 0 Å². The van der Waals surface area contributed by atoms with Crippen molar-refractivity contribution in [2.24, 2.45) is 0 Å². The quantitative estimate of drug-likeness (QED) is 0.668. The van der Waals surface area contributed by atoms with Crippen molar-refractivity contribution in [3.05, 3.63) is 64.7 Å². The van der Waals surface area contributed by atoms with Crippen LogP contribution < -0.4 is 10.2 Å². The van der Waals surface area contributed by atoms with Crippen LogP contribution in [0.5, 0.6) is 0 Å². The predicted octanol–water partition coefficient (Wildman–Crippen LogP) is 2.36. The number of nitro groups is 1. The fourth-order valence-electron chi connectivity index (χ4n) is 2.87. The molecule has 0 spiro atoms. The Hall–Kier alpha value is -2.93. The van der Waals surface area contributed by atoms with E-state index < -0.39 is 4.92 Å². The number of nitrogens with one attached hydrogen (secondary N) is 1. The van der Waals surface area contributed by atoms with Gasteiger partial charge in [0.2, 0.25) is 5.91 Å². The van der Waals surface area contributed by atoms with Crippen LogP contribution in [0.2, 0.25) is 0 Å². The van der Waals surface area contributed by atoms with Gasteiger partial charge >= 0.3 is 0 Å². The second-order valence-electron chi connectivity index (χ2n) is 5.95. The van der Waals surface area contributed by atoms with Gasteiger partial charge in [-0.2, -0.15) is 0 Å². The maximum absolute atomic E-state index is 12.2. The molecule has 3 rings (SSSR count). The van der Waals surface area contributed by atoms with E-state index in [-0.39, 0.29) is 11.6 Å². The predicted molar refractivity (Wildman–Crippen MR) is 96.8 cm³/mol. The van der Waals surface area contributed by atoms with Crippen molar-refractivity contribution in [1.82, 2.24) is 4.90 Å². The monoisotopic (exact) mass is 340 g/mol. The van der Waals surface area contributed by atoms with Crippen molar-refractivity contribution in [2.75, 3.05) is 42.9 Å². The van der Waals surface area contributed by atoms with Crippen molar-refractivity contribution in [3.8, 4) is 0 Å². The minimum absolute atomic E-state index is 0.00929. The van der Waals surface area contributed by atoms with Crippen LogP contribution in [0.1, 0.15) is 0 Å². The molecule has 2 aromatic rings. The molecule has 0 aromatic heterocycles. The second-order valence-corrected chi connectivity index (χ2v) is 5.95. The molecular formula is C18H20N4O3. The van der Waals surface area contributed by atoms with Crippen LogP contribution in [0.3, 0.4) is 0 Å². The first-order valence-corrected chi connectivity index (χ1v) is 8.18. The van der Waals surface area contributed by atoms with Crippen molar-refractivity contribution in [3.63, 3.8) is 0 Å². The molecule has 0 atom stereocenters. The zero-order chi connectivity index (χ0) is 17.6. The van der Waals surface area contributed by atoms with Gasteiger partial charge in [0, 0.05) is 49.7 Å². The first-order valence-electron chi connectivity index (χ1n) is 8.18. The molecule has 0 radical (unpaired) electrons. The number of hydrogen-bond donors (Lipinski definition) is 1. The van der Waals surface area contributed by atoms with E-state index in [1.54, 1.807) is 12.1 Å². The molecule has 1 amide bonds. The highest BCUT2D eigenvalue weighted by atomic mass is 16.6. The normalized spacial score (nSPS) is 15.0. The third-order valence-electron chi connectivity index (χ3n) is 4.22. The summed E-state index contributed by atoms with van der Waals surface area (Å²) in [5.74, 6) is -0.109. The van der Waals surface area contributed by atoms with Gasteiger partial charge in [-0.05, 0) is 24.3 Å². The van der Waals surface area contributed by atoms with E-state index in [0.717, 1.165) is 26.2 Å². The number of non-ortho nitro benzene ring substituents is 1. The third-order valence-corrected chi connectivity index (χ3v) is 4.22. The Kier molecular flexibility index (Phi) is 5.25. The lowest BCUT2D eigenvalue weighted by atomic mass is 10.2. The molecule has 7 heteroatoms. The molecule has 1 aliphatic heterocycles. The van der Waals surface area contributed by atoms with Gasteiger partial charge < -0.3 is 10.2 Å². The van der Waals surface area contributed by atoms with Crippen LogP contribution >= 0.6 is 0 Å². The summed E-state index contributed by atoms with van der Waals surface area (Å²) in [6.07, 6.45) is 0. The maximum atomic E-state index is 12.2. The zero-order valence-corrected chi connectivity index (χ0v) is 13.8. The molecule has 1 saturated heterocycles. The standard InChI is InChI=1S/C18H20N4O3/c23-18(19-15-6-8-17(9-7-15)22(24)25)14-20-10-12-21(13-11-20)16-4-2-1-3-5-16/h1-9H,10-14H2,(H,19,23). The van der Waals surface area contributed by atoms with Crippen LogP contribution in [-0.2, 0) is 4.79 Å². The summed E-state index contributed by atoms with van der Waals surface area (Å²) in [7, 11) is 0. The molecule has 1 fully saturated rings. The number of anilines is 2. The van der Waals surface area contributed by atoms with Crippen LogP contribution in [-0.4, -0.2) is 48.5 Å². The average molecular weight is 340 g/mol. The van der Waals surface area contributed by atoms with E-state index in [9.17, 15) is 14.9 Å². The van der Waals surface area contributed by atoms with E-state index in [4.69, 9.17) is 0 Å². The highest BCUT2D eigenvalue weighted by Crippen LogP contribution is 2.17. The fraction of sp³-hybridized carbons (Fsp3) is 0.278. The van der Waals surface area contributed by atoms with Crippen molar-refractivity contribution >= 4 is 23.0 Å². The first-order chi connectivity index (χ1) is 12.1. The number of rotatable bonds is 5. The minimum atomic E-state index is -0.460. The molecule has 0 saturated carbocycles. The number of nitrogens with zero attached hydrogens (tertiary/aromatic N) is 3. The minimum Gasteiger partial charge on any atom is -0.369 e. The summed E-state index contributed by atoms with van der Waals surface area (Å²) < 4.78 is 0. The Balaban J connectivity index is 1.47. The lowest BCUT2D eigenvalue weighted by Crippen LogP contribution is -2.48. The molecule has 1 heterocycles. The molecular weight excluding hydrogens is 320 g/mol. The van der Waals surface area contributed by atoms with Crippen LogP contribution in [0.15, 0.2) is 54.6 Å². The van der Waals surface area contributed by atoms with Gasteiger partial charge in [-0.25, -0.2) is 0 Å². The fourth-order valence-corrected chi connectivity index (χ4v) is 2.87. The average Bonchev–Trinajstić information content (AvgIpc) is 2.63. The Bertz CT molecular complexity index is 726. The summed E-state index contributed by atoms with van der Waals surface area (Å²) in [4.78, 5) is 26.7. The first kappa shape index (κ1) is 16.9. The maximum Gasteiger partial charge on any atom is 0.269 e. The van der Waals surface area contributed by atoms with E-state index in [1.807, 2.05) is 18.2 Å². The number of carbonyl (C=O) groups is 1. The van der Waals surface area contributed by atoms with Crippen LogP contribution in [0.25, 0.3) is 0 Å². The summed E-state index contributed by atoms with van der Waals surface area (Å²) in [5.41, 5.74) is 1.78. The number of para-hydroxylation sites is 1. The number of hydrogen-bond acceptors (Lipinski definition) is 5. The third kappa shape index (κ3) is 4.54. The Morgan fingerprint density at radius 2 is 1.64 bits per heavy atom. The number of nitro benzene ring substituents is 1. The van der Waals surface area contributed by atoms with E-state index >= 15 is 0 Å². The zero-order valence-electron chi connectivity index (χ0n) is 13.8. The van der Waals surface area contributed by atoms with Gasteiger partial charge in [0.05, 0.1) is 11.5 Å². The highest BCUT2D eigenvalue weighted by molar-refractivity contribution is 5.92. The molecule has 25 heavy (non-hydrogen) atoms. The molecule has 7 nitrogen and oxygen atoms in total. The van der Waals surface area contributed by atoms with Gasteiger partial charge in [0.25, 0.3) is 5.69 Å². The molecule has 0 bridgehead atoms. The Morgan fingerprint density at radius 1 is 1.00 bits per heavy atom. The smallest absolute Gasteiger partial charge is 0.269 e. The molecule has 0 unspecified atom stereocenters. The Labute approximate surface area is 146 Å². The van der Waals surface area contributed by atoms with Crippen LogP contribution in [0, 0.1) is 10.1 Å². The molecule has 130 valence electrons. The lowest BCUT2D eigenvalue weighted by molar-refractivity contribution is -0.384. The van der Waals surface area contributed by atoms with Gasteiger partial charge in [-0.15, -0.1) is 0 Å². The van der Waals surface area contributed by atoms with E-state index in [1.165, 1.54) is 17.8 Å². The SMILES string of the molecule is O=C(CN1CCN(c2ccccc2)CC1)Nc1ccc([N+](=O)[O-])cc1. The summed E-state index contributed by atoms with van der Waals surface area (Å²) in [6, 6.07) is 16.1.